The van der Waals surface area contributed by atoms with Crippen LogP contribution in [-0.2, 0) is 11.2 Å². The van der Waals surface area contributed by atoms with E-state index in [1.165, 1.54) is 37.8 Å². The second-order valence-corrected chi connectivity index (χ2v) is 11.6. The molecule has 1 aliphatic carbocycles. The predicted molar refractivity (Wildman–Crippen MR) is 160 cm³/mol. The Morgan fingerprint density at radius 2 is 1.67 bits per heavy atom. The Hall–Kier alpha value is -3.18. The highest BCUT2D eigenvalue weighted by molar-refractivity contribution is 6.30. The van der Waals surface area contributed by atoms with Gasteiger partial charge in [-0.1, -0.05) is 43.0 Å². The first-order valence-electron chi connectivity index (χ1n) is 14.1. The summed E-state index contributed by atoms with van der Waals surface area (Å²) >= 11 is 6.25. The maximum atomic E-state index is 13.8. The second-order valence-electron chi connectivity index (χ2n) is 11.2. The molecule has 5 nitrogen and oxygen atoms in total. The van der Waals surface area contributed by atoms with Gasteiger partial charge in [0.25, 0.3) is 0 Å². The van der Waals surface area contributed by atoms with Crippen LogP contribution in [0.2, 0.25) is 5.02 Å². The summed E-state index contributed by atoms with van der Waals surface area (Å²) in [7, 11) is 3.81. The van der Waals surface area contributed by atoms with Crippen LogP contribution in [0.25, 0.3) is 0 Å². The first-order valence-corrected chi connectivity index (χ1v) is 14.5. The monoisotopic (exact) mass is 546 g/mol. The van der Waals surface area contributed by atoms with Crippen LogP contribution in [0.15, 0.2) is 60.7 Å². The molecule has 1 heterocycles. The van der Waals surface area contributed by atoms with Crippen LogP contribution in [0.1, 0.15) is 68.7 Å². The van der Waals surface area contributed by atoms with E-state index in [0.29, 0.717) is 22.9 Å². The van der Waals surface area contributed by atoms with Crippen LogP contribution in [-0.4, -0.2) is 32.7 Å². The molecule has 1 aliphatic heterocycles. The molecule has 5 rings (SSSR count). The molecule has 39 heavy (non-hydrogen) atoms. The van der Waals surface area contributed by atoms with E-state index in [9.17, 15) is 4.79 Å². The van der Waals surface area contributed by atoms with Crippen LogP contribution < -0.4 is 19.3 Å². The fraction of sp³-hybridized carbons (Fsp3) is 0.424. The lowest BCUT2D eigenvalue weighted by molar-refractivity contribution is -0.118. The molecule has 1 fully saturated rings. The molecular weight excluding hydrogens is 508 g/mol. The van der Waals surface area contributed by atoms with Gasteiger partial charge in [0.2, 0.25) is 5.91 Å². The molecule has 6 heteroatoms. The first kappa shape index (κ1) is 27.4. The molecule has 0 radical (unpaired) electrons. The van der Waals surface area contributed by atoms with Gasteiger partial charge in [-0.3, -0.25) is 4.79 Å². The van der Waals surface area contributed by atoms with E-state index in [1.807, 2.05) is 55.1 Å². The van der Waals surface area contributed by atoms with Gasteiger partial charge in [-0.2, -0.15) is 0 Å². The largest absolute Gasteiger partial charge is 0.493 e. The summed E-state index contributed by atoms with van der Waals surface area (Å²) in [6, 6.07) is 19.9. The van der Waals surface area contributed by atoms with Crippen molar-refractivity contribution in [1.29, 1.82) is 0 Å². The lowest BCUT2D eigenvalue weighted by Gasteiger charge is -2.38. The van der Waals surface area contributed by atoms with Gasteiger partial charge in [0.05, 0.1) is 25.7 Å². The zero-order chi connectivity index (χ0) is 27.5. The number of benzene rings is 3. The van der Waals surface area contributed by atoms with E-state index in [-0.39, 0.29) is 18.1 Å². The molecule has 0 bridgehead atoms. The van der Waals surface area contributed by atoms with Gasteiger partial charge in [-0.25, -0.2) is 0 Å². The quantitative estimate of drug-likeness (QED) is 0.289. The molecule has 2 aliphatic rings. The minimum Gasteiger partial charge on any atom is -0.493 e. The summed E-state index contributed by atoms with van der Waals surface area (Å²) in [6.07, 6.45) is 6.98. The number of hydrogen-bond donors (Lipinski definition) is 0. The normalized spacial score (nSPS) is 17.7. The third-order valence-electron chi connectivity index (χ3n) is 7.96. The van der Waals surface area contributed by atoms with E-state index in [1.54, 1.807) is 7.11 Å². The van der Waals surface area contributed by atoms with Crippen molar-refractivity contribution in [2.75, 3.05) is 30.5 Å². The van der Waals surface area contributed by atoms with Gasteiger partial charge in [-0.05, 0) is 97.8 Å². The fourth-order valence-corrected chi connectivity index (χ4v) is 6.19. The number of nitrogens with zero attached hydrogens (tertiary/aromatic N) is 2. The van der Waals surface area contributed by atoms with Crippen LogP contribution in [0, 0.1) is 5.92 Å². The number of ether oxygens (including phenoxy) is 2. The van der Waals surface area contributed by atoms with E-state index in [4.69, 9.17) is 21.1 Å². The molecular formula is C33H39ClN2O3. The zero-order valence-electron chi connectivity index (χ0n) is 23.5. The Morgan fingerprint density at radius 3 is 2.31 bits per heavy atom. The highest BCUT2D eigenvalue weighted by Crippen LogP contribution is 2.44. The topological polar surface area (TPSA) is 42.0 Å². The summed E-state index contributed by atoms with van der Waals surface area (Å²) in [4.78, 5) is 18.0. The minimum atomic E-state index is -0.315. The molecule has 0 spiro atoms. The maximum absolute atomic E-state index is 13.8. The maximum Gasteiger partial charge on any atom is 0.232 e. The molecule has 3 aromatic carbocycles. The third-order valence-corrected chi connectivity index (χ3v) is 8.21. The lowest BCUT2D eigenvalue weighted by atomic mass is 9.86. The second kappa shape index (κ2) is 11.9. The number of fused-ring (bicyclic) bond motifs is 1. The van der Waals surface area contributed by atoms with Crippen molar-refractivity contribution in [3.8, 4) is 11.5 Å². The summed E-state index contributed by atoms with van der Waals surface area (Å²) in [6.45, 7) is 5.07. The van der Waals surface area contributed by atoms with Gasteiger partial charge in [0.15, 0.2) is 11.5 Å². The molecule has 0 aromatic heterocycles. The summed E-state index contributed by atoms with van der Waals surface area (Å²) in [5, 5.41) is 0.663. The Bertz CT molecular complexity index is 1280. The number of rotatable bonds is 8. The fourth-order valence-electron chi connectivity index (χ4n) is 6.06. The number of carbonyl (C=O) groups excluding carboxylic acids is 1. The van der Waals surface area contributed by atoms with Crippen LogP contribution in [0.3, 0.4) is 0 Å². The SMILES string of the molecule is COc1cc2c(cc1OC(C)C)[C@@H](c1ccc(Cl)cc1)N(c1ccc(N(C)CC3CCCCC3)cc1)C(=O)C2. The number of amides is 1. The van der Waals surface area contributed by atoms with Crippen molar-refractivity contribution in [2.45, 2.75) is 64.5 Å². The van der Waals surface area contributed by atoms with Crippen molar-refractivity contribution in [1.82, 2.24) is 0 Å². The number of carbonyl (C=O) groups is 1. The molecule has 3 aromatic rings. The molecule has 1 amide bonds. The van der Waals surface area contributed by atoms with E-state index >= 15 is 0 Å². The van der Waals surface area contributed by atoms with E-state index in [0.717, 1.165) is 34.8 Å². The predicted octanol–water partition coefficient (Wildman–Crippen LogP) is 7.83. The summed E-state index contributed by atoms with van der Waals surface area (Å²) < 4.78 is 11.8. The van der Waals surface area contributed by atoms with E-state index in [2.05, 4.69) is 36.2 Å². The van der Waals surface area contributed by atoms with Crippen LogP contribution in [0.4, 0.5) is 11.4 Å². The Labute approximate surface area is 237 Å². The average Bonchev–Trinajstić information content (AvgIpc) is 2.93. The Balaban J connectivity index is 1.51. The highest BCUT2D eigenvalue weighted by Gasteiger charge is 2.36. The molecule has 0 N–H and O–H groups in total. The van der Waals surface area contributed by atoms with Crippen molar-refractivity contribution in [3.05, 3.63) is 82.4 Å². The Kier molecular flexibility index (Phi) is 8.37. The van der Waals surface area contributed by atoms with Crippen molar-refractivity contribution in [2.24, 2.45) is 5.92 Å². The van der Waals surface area contributed by atoms with Crippen molar-refractivity contribution < 1.29 is 14.3 Å². The molecule has 1 saturated carbocycles. The highest BCUT2D eigenvalue weighted by atomic mass is 35.5. The third kappa shape index (κ3) is 6.04. The zero-order valence-corrected chi connectivity index (χ0v) is 24.2. The molecule has 0 unspecified atom stereocenters. The van der Waals surface area contributed by atoms with Gasteiger partial charge >= 0.3 is 0 Å². The smallest absolute Gasteiger partial charge is 0.232 e. The average molecular weight is 547 g/mol. The van der Waals surface area contributed by atoms with Crippen molar-refractivity contribution in [3.63, 3.8) is 0 Å². The molecule has 206 valence electrons. The molecule has 0 saturated heterocycles. The van der Waals surface area contributed by atoms with Crippen LogP contribution >= 0.6 is 11.6 Å². The number of hydrogen-bond acceptors (Lipinski definition) is 4. The Morgan fingerprint density at radius 1 is 0.974 bits per heavy atom. The van der Waals surface area contributed by atoms with Gasteiger partial charge in [0.1, 0.15) is 0 Å². The van der Waals surface area contributed by atoms with Gasteiger partial charge in [-0.15, -0.1) is 0 Å². The summed E-state index contributed by atoms with van der Waals surface area (Å²) in [5.41, 5.74) is 5.03. The van der Waals surface area contributed by atoms with Gasteiger partial charge < -0.3 is 19.3 Å². The first-order chi connectivity index (χ1) is 18.8. The van der Waals surface area contributed by atoms with E-state index < -0.39 is 0 Å². The number of anilines is 2. The number of halogens is 1. The number of methoxy groups -OCH3 is 1. The van der Waals surface area contributed by atoms with Crippen molar-refractivity contribution >= 4 is 28.9 Å². The van der Waals surface area contributed by atoms with Gasteiger partial charge in [0, 0.05) is 30.0 Å². The lowest BCUT2D eigenvalue weighted by Crippen LogP contribution is -2.41. The van der Waals surface area contributed by atoms with Crippen LogP contribution in [0.5, 0.6) is 11.5 Å². The standard InChI is InChI=1S/C33H39ClN2O3/c1-22(2)39-31-20-29-25(18-30(31)38-4)19-32(37)36(33(29)24-10-12-26(34)13-11-24)28-16-14-27(15-17-28)35(3)21-23-8-6-5-7-9-23/h10-18,20,22-23,33H,5-9,19,21H2,1-4H3/t33-/m1/s1. The molecule has 1 atom stereocenters. The minimum absolute atomic E-state index is 0.00889. The summed E-state index contributed by atoms with van der Waals surface area (Å²) in [5.74, 6) is 2.13.